The minimum absolute atomic E-state index is 0.0691. The molecule has 0 aliphatic heterocycles. The molecule has 0 aromatic carbocycles. The first-order valence-corrected chi connectivity index (χ1v) is 30.9. The van der Waals surface area contributed by atoms with Crippen LogP contribution in [-0.4, -0.2) is 36.4 Å². The van der Waals surface area contributed by atoms with Gasteiger partial charge in [-0.1, -0.05) is 284 Å². The number of rotatable bonds is 56. The largest absolute Gasteiger partial charge is 0.462 e. The molecule has 418 valence electrons. The molecular formula is C68H116O5. The fourth-order valence-corrected chi connectivity index (χ4v) is 8.69. The van der Waals surface area contributed by atoms with Crippen LogP contribution < -0.4 is 0 Å². The second-order valence-electron chi connectivity index (χ2n) is 20.4. The maximum atomic E-state index is 12.3. The zero-order valence-corrected chi connectivity index (χ0v) is 47.9. The average molecular weight is 1010 g/mol. The van der Waals surface area contributed by atoms with Gasteiger partial charge in [0.15, 0.2) is 6.10 Å². The summed E-state index contributed by atoms with van der Waals surface area (Å²) in [5, 5.41) is 9.66. The maximum Gasteiger partial charge on any atom is 0.306 e. The number of carbonyl (C=O) groups is 2. The molecule has 0 aromatic heterocycles. The van der Waals surface area contributed by atoms with Gasteiger partial charge in [0.05, 0.1) is 6.61 Å². The lowest BCUT2D eigenvalue weighted by atomic mass is 10.0. The third-order valence-electron chi connectivity index (χ3n) is 13.3. The molecule has 0 saturated heterocycles. The number of aliphatic hydroxyl groups excluding tert-OH is 1. The molecule has 0 aliphatic carbocycles. The quantitative estimate of drug-likeness (QED) is 0.0373. The van der Waals surface area contributed by atoms with Crippen LogP contribution in [0.3, 0.4) is 0 Å². The molecule has 73 heavy (non-hydrogen) atoms. The number of esters is 2. The van der Waals surface area contributed by atoms with Gasteiger partial charge >= 0.3 is 11.9 Å². The Bertz CT molecular complexity index is 1420. The highest BCUT2D eigenvalue weighted by Gasteiger charge is 2.16. The van der Waals surface area contributed by atoms with Gasteiger partial charge in [-0.2, -0.15) is 0 Å². The SMILES string of the molecule is CC/C=C\C/C=C\C/C=C\C/C=C\C/C=C\C/C=C\C/C=C\C/C=C\CCCCCCCCCCCCCCCCCCC(=O)OC(CO)COC(=O)CCCCCCCCC/C=C\CCCCCCCCC. The van der Waals surface area contributed by atoms with E-state index in [9.17, 15) is 14.7 Å². The molecule has 1 N–H and O–H groups in total. The average Bonchev–Trinajstić information content (AvgIpc) is 3.39. The summed E-state index contributed by atoms with van der Waals surface area (Å²) in [5.41, 5.74) is 0. The minimum atomic E-state index is -0.778. The summed E-state index contributed by atoms with van der Waals surface area (Å²) in [5.74, 6) is -0.589. The number of carbonyl (C=O) groups excluding carboxylic acids is 2. The normalized spacial score (nSPS) is 13.0. The molecule has 0 radical (unpaired) electrons. The highest BCUT2D eigenvalue weighted by Crippen LogP contribution is 2.16. The fraction of sp³-hybridized carbons (Fsp3) is 0.706. The van der Waals surface area contributed by atoms with Crippen molar-refractivity contribution in [1.29, 1.82) is 0 Å². The van der Waals surface area contributed by atoms with Crippen molar-refractivity contribution in [3.05, 3.63) is 109 Å². The van der Waals surface area contributed by atoms with E-state index in [1.807, 2.05) is 0 Å². The predicted octanol–water partition coefficient (Wildman–Crippen LogP) is 21.3. The lowest BCUT2D eigenvalue weighted by Crippen LogP contribution is -2.28. The predicted molar refractivity (Wildman–Crippen MR) is 320 cm³/mol. The van der Waals surface area contributed by atoms with Gasteiger partial charge in [-0.05, 0) is 103 Å². The van der Waals surface area contributed by atoms with Gasteiger partial charge in [0.25, 0.3) is 0 Å². The first-order chi connectivity index (χ1) is 36.1. The zero-order chi connectivity index (χ0) is 52.7. The summed E-state index contributed by atoms with van der Waals surface area (Å²) in [7, 11) is 0. The van der Waals surface area contributed by atoms with Crippen molar-refractivity contribution < 1.29 is 24.2 Å². The van der Waals surface area contributed by atoms with Crippen LogP contribution in [0.1, 0.15) is 290 Å². The van der Waals surface area contributed by atoms with Crippen molar-refractivity contribution in [2.45, 2.75) is 296 Å². The standard InChI is InChI=1S/C68H116O5/c1-3-5-7-9-11-13-15-17-19-21-23-24-25-26-27-28-29-30-31-32-33-34-35-36-37-38-39-40-41-42-43-44-45-47-49-51-53-55-57-59-61-63-68(71)73-66(64-69)65-72-67(70)62-60-58-56-54-52-50-48-46-22-20-18-16-14-12-10-8-6-4-2/h5,7,11,13,17,19-20,22-24,26-27,29-30,32-33,35-36,66,69H,3-4,6,8-10,12,14-16,18,21,25,28,31,34,37-65H2,1-2H3/b7-5-,13-11-,19-17-,22-20-,24-23-,27-26-,30-29-,33-32-,36-35-. The van der Waals surface area contributed by atoms with E-state index in [2.05, 4.69) is 123 Å². The van der Waals surface area contributed by atoms with Crippen LogP contribution in [0.15, 0.2) is 109 Å². The highest BCUT2D eigenvalue weighted by atomic mass is 16.6. The lowest BCUT2D eigenvalue weighted by Gasteiger charge is -2.15. The van der Waals surface area contributed by atoms with Crippen molar-refractivity contribution in [2.75, 3.05) is 13.2 Å². The van der Waals surface area contributed by atoms with E-state index >= 15 is 0 Å². The number of unbranched alkanes of at least 4 members (excludes halogenated alkanes) is 30. The molecule has 1 unspecified atom stereocenters. The minimum Gasteiger partial charge on any atom is -0.462 e. The van der Waals surface area contributed by atoms with Crippen molar-refractivity contribution in [2.24, 2.45) is 0 Å². The van der Waals surface area contributed by atoms with Crippen LogP contribution in [0, 0.1) is 0 Å². The number of hydrogen-bond donors (Lipinski definition) is 1. The molecule has 0 heterocycles. The molecule has 0 bridgehead atoms. The zero-order valence-electron chi connectivity index (χ0n) is 47.9. The molecule has 0 aliphatic rings. The second kappa shape index (κ2) is 62.9. The fourth-order valence-electron chi connectivity index (χ4n) is 8.69. The maximum absolute atomic E-state index is 12.3. The Kier molecular flexibility index (Phi) is 59.9. The Labute approximate surface area is 452 Å². The van der Waals surface area contributed by atoms with Crippen molar-refractivity contribution in [3.63, 3.8) is 0 Å². The van der Waals surface area contributed by atoms with Gasteiger partial charge in [-0.15, -0.1) is 0 Å². The summed E-state index contributed by atoms with van der Waals surface area (Å²) in [4.78, 5) is 24.5. The Balaban J connectivity index is 3.49. The van der Waals surface area contributed by atoms with Gasteiger partial charge in [-0.3, -0.25) is 9.59 Å². The lowest BCUT2D eigenvalue weighted by molar-refractivity contribution is -0.161. The monoisotopic (exact) mass is 1010 g/mol. The van der Waals surface area contributed by atoms with Crippen molar-refractivity contribution in [1.82, 2.24) is 0 Å². The van der Waals surface area contributed by atoms with Crippen LogP contribution >= 0.6 is 0 Å². The summed E-state index contributed by atoms with van der Waals surface area (Å²) in [6.45, 7) is 4.04. The number of allylic oxidation sites excluding steroid dienone is 18. The van der Waals surface area contributed by atoms with Crippen LogP contribution in [0.5, 0.6) is 0 Å². The number of hydrogen-bond acceptors (Lipinski definition) is 5. The van der Waals surface area contributed by atoms with Crippen molar-refractivity contribution in [3.8, 4) is 0 Å². The van der Waals surface area contributed by atoms with Crippen molar-refractivity contribution >= 4 is 11.9 Å². The molecule has 0 amide bonds. The van der Waals surface area contributed by atoms with E-state index in [4.69, 9.17) is 9.47 Å². The first-order valence-electron chi connectivity index (χ1n) is 30.9. The van der Waals surface area contributed by atoms with E-state index < -0.39 is 6.10 Å². The summed E-state index contributed by atoms with van der Waals surface area (Å²) >= 11 is 0. The van der Waals surface area contributed by atoms with E-state index in [-0.39, 0.29) is 25.2 Å². The first kappa shape index (κ1) is 69.6. The molecule has 0 aromatic rings. The summed E-state index contributed by atoms with van der Waals surface area (Å²) in [6.07, 6.45) is 90.8. The molecule has 0 saturated carbocycles. The van der Waals surface area contributed by atoms with Crippen LogP contribution in [0.2, 0.25) is 0 Å². The van der Waals surface area contributed by atoms with E-state index in [1.165, 1.54) is 173 Å². The Morgan fingerprint density at radius 1 is 0.329 bits per heavy atom. The van der Waals surface area contributed by atoms with Crippen LogP contribution in [0.4, 0.5) is 0 Å². The van der Waals surface area contributed by atoms with Gasteiger partial charge in [0.1, 0.15) is 6.61 Å². The van der Waals surface area contributed by atoms with Gasteiger partial charge in [-0.25, -0.2) is 0 Å². The number of aliphatic hydroxyl groups is 1. The molecule has 0 spiro atoms. The summed E-state index contributed by atoms with van der Waals surface area (Å²) < 4.78 is 10.7. The van der Waals surface area contributed by atoms with Gasteiger partial charge in [0.2, 0.25) is 0 Å². The molecule has 1 atom stereocenters. The van der Waals surface area contributed by atoms with Crippen LogP contribution in [-0.2, 0) is 19.1 Å². The smallest absolute Gasteiger partial charge is 0.306 e. The topological polar surface area (TPSA) is 72.8 Å². The Morgan fingerprint density at radius 2 is 0.589 bits per heavy atom. The second-order valence-corrected chi connectivity index (χ2v) is 20.4. The molecule has 0 rings (SSSR count). The third kappa shape index (κ3) is 61.0. The van der Waals surface area contributed by atoms with Gasteiger partial charge in [0, 0.05) is 12.8 Å². The van der Waals surface area contributed by atoms with Gasteiger partial charge < -0.3 is 14.6 Å². The molecule has 0 fully saturated rings. The van der Waals surface area contributed by atoms with Crippen LogP contribution in [0.25, 0.3) is 0 Å². The van der Waals surface area contributed by atoms with E-state index in [0.29, 0.717) is 12.8 Å². The highest BCUT2D eigenvalue weighted by molar-refractivity contribution is 5.70. The third-order valence-corrected chi connectivity index (χ3v) is 13.3. The Morgan fingerprint density at radius 3 is 0.904 bits per heavy atom. The molecule has 5 nitrogen and oxygen atoms in total. The number of ether oxygens (including phenoxy) is 2. The Hall–Kier alpha value is -3.44. The molecular weight excluding hydrogens is 897 g/mol. The molecule has 5 heteroatoms. The van der Waals surface area contributed by atoms with E-state index in [1.54, 1.807) is 0 Å². The van der Waals surface area contributed by atoms with E-state index in [0.717, 1.165) is 89.9 Å². The summed E-state index contributed by atoms with van der Waals surface area (Å²) in [6, 6.07) is 0.